The molecule has 2 heterocycles. The van der Waals surface area contributed by atoms with Gasteiger partial charge in [0, 0.05) is 30.4 Å². The average Bonchev–Trinajstić information content (AvgIpc) is 3.32. The minimum Gasteiger partial charge on any atom is -0.325 e. The van der Waals surface area contributed by atoms with E-state index in [9.17, 15) is 9.59 Å². The van der Waals surface area contributed by atoms with Crippen LogP contribution in [0.1, 0.15) is 31.2 Å². The van der Waals surface area contributed by atoms with Crippen molar-refractivity contribution >= 4 is 23.2 Å². The van der Waals surface area contributed by atoms with Gasteiger partial charge >= 0.3 is 0 Å². The van der Waals surface area contributed by atoms with Crippen molar-refractivity contribution in [2.45, 2.75) is 38.1 Å². The third kappa shape index (κ3) is 4.42. The zero-order valence-corrected chi connectivity index (χ0v) is 16.1. The molecule has 5 nitrogen and oxygen atoms in total. The number of carbonyl (C=O) groups excluding carboxylic acids is 2. The van der Waals surface area contributed by atoms with Gasteiger partial charge in [0.2, 0.25) is 11.8 Å². The molecule has 0 spiro atoms. The van der Waals surface area contributed by atoms with Crippen molar-refractivity contribution in [3.05, 3.63) is 60.2 Å². The van der Waals surface area contributed by atoms with Crippen molar-refractivity contribution in [3.8, 4) is 0 Å². The highest BCUT2D eigenvalue weighted by molar-refractivity contribution is 5.97. The number of anilines is 2. The van der Waals surface area contributed by atoms with Crippen LogP contribution in [0.2, 0.25) is 0 Å². The van der Waals surface area contributed by atoms with Crippen LogP contribution in [0.3, 0.4) is 0 Å². The Hall–Kier alpha value is -2.66. The molecule has 2 aliphatic heterocycles. The Morgan fingerprint density at radius 3 is 2.68 bits per heavy atom. The molecule has 2 aromatic carbocycles. The van der Waals surface area contributed by atoms with Crippen molar-refractivity contribution in [3.63, 3.8) is 0 Å². The van der Waals surface area contributed by atoms with Gasteiger partial charge in [0.1, 0.15) is 0 Å². The summed E-state index contributed by atoms with van der Waals surface area (Å²) in [6.07, 6.45) is 4.76. The molecular weight excluding hydrogens is 350 g/mol. The molecule has 2 aliphatic rings. The largest absolute Gasteiger partial charge is 0.325 e. The second kappa shape index (κ2) is 8.57. The molecule has 0 radical (unpaired) electrons. The summed E-state index contributed by atoms with van der Waals surface area (Å²) in [5.41, 5.74) is 2.94. The normalized spacial score (nSPS) is 19.9. The van der Waals surface area contributed by atoms with Crippen LogP contribution < -0.4 is 10.2 Å². The summed E-state index contributed by atoms with van der Waals surface area (Å²) in [6, 6.07) is 18.5. The van der Waals surface area contributed by atoms with E-state index in [1.165, 1.54) is 5.56 Å². The van der Waals surface area contributed by atoms with Crippen LogP contribution in [0.4, 0.5) is 11.4 Å². The van der Waals surface area contributed by atoms with Gasteiger partial charge in [-0.25, -0.2) is 0 Å². The molecule has 2 saturated heterocycles. The molecule has 146 valence electrons. The topological polar surface area (TPSA) is 52.7 Å². The minimum absolute atomic E-state index is 0.00450. The van der Waals surface area contributed by atoms with Gasteiger partial charge in [0.15, 0.2) is 0 Å². The van der Waals surface area contributed by atoms with Gasteiger partial charge in [-0.05, 0) is 56.0 Å². The van der Waals surface area contributed by atoms with Crippen molar-refractivity contribution < 1.29 is 9.59 Å². The molecule has 0 aromatic heterocycles. The van der Waals surface area contributed by atoms with Gasteiger partial charge in [-0.15, -0.1) is 0 Å². The minimum atomic E-state index is 0.00450. The lowest BCUT2D eigenvalue weighted by molar-refractivity contribution is -0.118. The van der Waals surface area contributed by atoms with E-state index in [1.807, 2.05) is 30.3 Å². The second-order valence-electron chi connectivity index (χ2n) is 7.70. The average molecular weight is 377 g/mol. The number of likely N-dealkylation sites (tertiary alicyclic amines) is 1. The molecule has 1 atom stereocenters. The molecule has 2 fully saturated rings. The summed E-state index contributed by atoms with van der Waals surface area (Å²) >= 11 is 0. The zero-order chi connectivity index (χ0) is 19.3. The summed E-state index contributed by atoms with van der Waals surface area (Å²) in [5, 5.41) is 3.01. The number of nitrogens with zero attached hydrogens (tertiary/aromatic N) is 2. The molecule has 1 N–H and O–H groups in total. The van der Waals surface area contributed by atoms with Crippen LogP contribution >= 0.6 is 0 Å². The standard InChI is InChI=1S/C23H27N3O2/c27-22(17-25-13-5-11-20(25)15-18-7-2-1-3-8-18)24-19-9-4-10-21(16-19)26-14-6-12-23(26)28/h1-4,7-10,16,20H,5-6,11-15,17H2,(H,24,27)/t20-/m0/s1. The van der Waals surface area contributed by atoms with Crippen LogP contribution in [0.25, 0.3) is 0 Å². The molecule has 2 amide bonds. The van der Waals surface area contributed by atoms with Gasteiger partial charge in [-0.2, -0.15) is 0 Å². The summed E-state index contributed by atoms with van der Waals surface area (Å²) in [7, 11) is 0. The fourth-order valence-electron chi connectivity index (χ4n) is 4.28. The Kier molecular flexibility index (Phi) is 5.72. The summed E-state index contributed by atoms with van der Waals surface area (Å²) in [6.45, 7) is 2.13. The number of carbonyl (C=O) groups is 2. The number of nitrogens with one attached hydrogen (secondary N) is 1. The van der Waals surface area contributed by atoms with Crippen LogP contribution in [-0.2, 0) is 16.0 Å². The van der Waals surface area contributed by atoms with E-state index >= 15 is 0 Å². The first-order chi connectivity index (χ1) is 13.7. The maximum atomic E-state index is 12.6. The molecule has 28 heavy (non-hydrogen) atoms. The Labute approximate surface area is 166 Å². The maximum absolute atomic E-state index is 12.6. The molecule has 4 rings (SSSR count). The van der Waals surface area contributed by atoms with E-state index in [0.717, 1.165) is 50.1 Å². The quantitative estimate of drug-likeness (QED) is 0.839. The Balaban J connectivity index is 1.35. The lowest BCUT2D eigenvalue weighted by Gasteiger charge is -2.24. The molecule has 0 saturated carbocycles. The summed E-state index contributed by atoms with van der Waals surface area (Å²) in [5.74, 6) is 0.161. The first-order valence-electron chi connectivity index (χ1n) is 10.2. The first-order valence-corrected chi connectivity index (χ1v) is 10.2. The number of benzene rings is 2. The highest BCUT2D eigenvalue weighted by Gasteiger charge is 2.26. The van der Waals surface area contributed by atoms with E-state index in [1.54, 1.807) is 4.90 Å². The third-order valence-corrected chi connectivity index (χ3v) is 5.67. The lowest BCUT2D eigenvalue weighted by atomic mass is 10.0. The highest BCUT2D eigenvalue weighted by atomic mass is 16.2. The van der Waals surface area contributed by atoms with Crippen LogP contribution in [0, 0.1) is 0 Å². The molecule has 5 heteroatoms. The van der Waals surface area contributed by atoms with Gasteiger partial charge < -0.3 is 10.2 Å². The lowest BCUT2D eigenvalue weighted by Crippen LogP contribution is -2.37. The predicted molar refractivity (Wildman–Crippen MR) is 111 cm³/mol. The number of hydrogen-bond donors (Lipinski definition) is 1. The molecule has 0 bridgehead atoms. The van der Waals surface area contributed by atoms with Gasteiger partial charge in [-0.1, -0.05) is 36.4 Å². The van der Waals surface area contributed by atoms with Crippen LogP contribution in [0.15, 0.2) is 54.6 Å². The third-order valence-electron chi connectivity index (χ3n) is 5.67. The van der Waals surface area contributed by atoms with Crippen molar-refractivity contribution in [2.24, 2.45) is 0 Å². The van der Waals surface area contributed by atoms with Crippen LogP contribution in [0.5, 0.6) is 0 Å². The zero-order valence-electron chi connectivity index (χ0n) is 16.1. The van der Waals surface area contributed by atoms with E-state index in [0.29, 0.717) is 19.0 Å². The van der Waals surface area contributed by atoms with E-state index < -0.39 is 0 Å². The SMILES string of the molecule is O=C(CN1CCC[C@H]1Cc1ccccc1)Nc1cccc(N2CCCC2=O)c1. The Morgan fingerprint density at radius 1 is 1.04 bits per heavy atom. The van der Waals surface area contributed by atoms with Crippen molar-refractivity contribution in [1.82, 2.24) is 4.90 Å². The van der Waals surface area contributed by atoms with Gasteiger partial charge in [0.05, 0.1) is 6.54 Å². The monoisotopic (exact) mass is 377 g/mol. The molecular formula is C23H27N3O2. The second-order valence-corrected chi connectivity index (χ2v) is 7.70. The fourth-order valence-corrected chi connectivity index (χ4v) is 4.28. The molecule has 2 aromatic rings. The van der Waals surface area contributed by atoms with Crippen molar-refractivity contribution in [2.75, 3.05) is 29.9 Å². The highest BCUT2D eigenvalue weighted by Crippen LogP contribution is 2.25. The molecule has 0 aliphatic carbocycles. The van der Waals surface area contributed by atoms with Gasteiger partial charge in [0.25, 0.3) is 0 Å². The van der Waals surface area contributed by atoms with Crippen molar-refractivity contribution in [1.29, 1.82) is 0 Å². The smallest absolute Gasteiger partial charge is 0.238 e. The van der Waals surface area contributed by atoms with E-state index in [4.69, 9.17) is 0 Å². The number of rotatable bonds is 6. The Bertz CT molecular complexity index is 837. The maximum Gasteiger partial charge on any atom is 0.238 e. The molecule has 0 unspecified atom stereocenters. The van der Waals surface area contributed by atoms with Gasteiger partial charge in [-0.3, -0.25) is 14.5 Å². The Morgan fingerprint density at radius 2 is 1.89 bits per heavy atom. The van der Waals surface area contributed by atoms with E-state index in [2.05, 4.69) is 34.5 Å². The number of hydrogen-bond acceptors (Lipinski definition) is 3. The number of amides is 2. The predicted octanol–water partition coefficient (Wildman–Crippen LogP) is 3.46. The van der Waals surface area contributed by atoms with Crippen LogP contribution in [-0.4, -0.2) is 42.4 Å². The fraction of sp³-hybridized carbons (Fsp3) is 0.391. The summed E-state index contributed by atoms with van der Waals surface area (Å²) in [4.78, 5) is 28.7. The summed E-state index contributed by atoms with van der Waals surface area (Å²) < 4.78 is 0. The van der Waals surface area contributed by atoms with E-state index in [-0.39, 0.29) is 11.8 Å². The first kappa shape index (κ1) is 18.7.